The van der Waals surface area contributed by atoms with Crippen LogP contribution in [0.2, 0.25) is 0 Å². The average molecular weight is 383 g/mol. The van der Waals surface area contributed by atoms with Crippen LogP contribution in [0.4, 0.5) is 5.69 Å². The van der Waals surface area contributed by atoms with Crippen LogP contribution in [0.3, 0.4) is 0 Å². The molecule has 0 fully saturated rings. The maximum absolute atomic E-state index is 12.3. The number of benzene rings is 2. The lowest BCUT2D eigenvalue weighted by Crippen LogP contribution is -2.11. The Morgan fingerprint density at radius 1 is 1.31 bits per heavy atom. The van der Waals surface area contributed by atoms with Gasteiger partial charge < -0.3 is 10.1 Å². The summed E-state index contributed by atoms with van der Waals surface area (Å²) in [6.45, 7) is 0. The van der Waals surface area contributed by atoms with Gasteiger partial charge in [0, 0.05) is 11.3 Å². The van der Waals surface area contributed by atoms with Crippen LogP contribution in [-0.2, 0) is 9.53 Å². The fourth-order valence-corrected chi connectivity index (χ4v) is 4.10. The van der Waals surface area contributed by atoms with Crippen molar-refractivity contribution in [2.75, 3.05) is 18.2 Å². The van der Waals surface area contributed by atoms with Gasteiger partial charge in [0.25, 0.3) is 5.91 Å². The molecule has 0 radical (unpaired) electrons. The van der Waals surface area contributed by atoms with E-state index in [1.807, 2.05) is 18.2 Å². The topological polar surface area (TPSA) is 92.1 Å². The lowest BCUT2D eigenvalue weighted by atomic mass is 10.1. The minimum Gasteiger partial charge on any atom is -0.468 e. The largest absolute Gasteiger partial charge is 0.468 e. The van der Waals surface area contributed by atoms with E-state index in [0.717, 1.165) is 14.6 Å². The molecule has 0 unspecified atom stereocenters. The number of nitrogens with one attached hydrogen (secondary N) is 1. The Kier molecular flexibility index (Phi) is 5.51. The minimum absolute atomic E-state index is 0.204. The Bertz CT molecular complexity index is 1020. The first-order valence-electron chi connectivity index (χ1n) is 7.51. The van der Waals surface area contributed by atoms with Gasteiger partial charge in [-0.3, -0.25) is 9.59 Å². The molecular formula is C18H13N3O3S2. The number of anilines is 1. The smallest absolute Gasteiger partial charge is 0.316 e. The minimum atomic E-state index is -0.304. The van der Waals surface area contributed by atoms with Crippen LogP contribution in [-0.4, -0.2) is 29.7 Å². The second kappa shape index (κ2) is 7.99. The van der Waals surface area contributed by atoms with E-state index >= 15 is 0 Å². The van der Waals surface area contributed by atoms with E-state index in [9.17, 15) is 9.59 Å². The number of esters is 1. The molecule has 1 N–H and O–H groups in total. The molecule has 0 aliphatic carbocycles. The molecule has 0 aliphatic heterocycles. The van der Waals surface area contributed by atoms with Crippen molar-refractivity contribution in [3.8, 4) is 6.07 Å². The zero-order valence-corrected chi connectivity index (χ0v) is 15.3. The molecule has 0 aliphatic rings. The van der Waals surface area contributed by atoms with Crippen LogP contribution in [0, 0.1) is 11.3 Å². The Morgan fingerprint density at radius 2 is 2.15 bits per heavy atom. The standard InChI is InChI=1S/C18H13N3O3S2/c1-24-16(22)10-25-18-21-14-6-5-13(8-15(14)26-18)20-17(23)12-4-2-3-11(7-12)9-19/h2-8H,10H2,1H3,(H,20,23). The third kappa shape index (κ3) is 4.20. The van der Waals surface area contributed by atoms with E-state index in [-0.39, 0.29) is 17.6 Å². The summed E-state index contributed by atoms with van der Waals surface area (Å²) in [5.74, 6) is -0.386. The van der Waals surface area contributed by atoms with Gasteiger partial charge >= 0.3 is 5.97 Å². The van der Waals surface area contributed by atoms with Crippen molar-refractivity contribution in [1.82, 2.24) is 4.98 Å². The number of hydrogen-bond acceptors (Lipinski definition) is 7. The van der Waals surface area contributed by atoms with Gasteiger partial charge in [0.1, 0.15) is 0 Å². The predicted octanol–water partition coefficient (Wildman–Crippen LogP) is 3.69. The number of hydrogen-bond donors (Lipinski definition) is 1. The number of carbonyl (C=O) groups excluding carboxylic acids is 2. The predicted molar refractivity (Wildman–Crippen MR) is 101 cm³/mol. The van der Waals surface area contributed by atoms with E-state index in [1.54, 1.807) is 30.3 Å². The molecule has 26 heavy (non-hydrogen) atoms. The number of aromatic nitrogens is 1. The van der Waals surface area contributed by atoms with Crippen LogP contribution >= 0.6 is 23.1 Å². The molecule has 1 amide bonds. The zero-order valence-electron chi connectivity index (χ0n) is 13.7. The summed E-state index contributed by atoms with van der Waals surface area (Å²) in [6.07, 6.45) is 0. The van der Waals surface area contributed by atoms with E-state index in [0.29, 0.717) is 16.8 Å². The summed E-state index contributed by atoms with van der Waals surface area (Å²) in [5, 5.41) is 11.7. The number of methoxy groups -OCH3 is 1. The van der Waals surface area contributed by atoms with Crippen molar-refractivity contribution in [2.24, 2.45) is 0 Å². The second-order valence-corrected chi connectivity index (χ2v) is 7.43. The normalized spacial score (nSPS) is 10.3. The number of amides is 1. The lowest BCUT2D eigenvalue weighted by Gasteiger charge is -2.05. The first kappa shape index (κ1) is 17.9. The van der Waals surface area contributed by atoms with Gasteiger partial charge in [-0.25, -0.2) is 4.98 Å². The van der Waals surface area contributed by atoms with Crippen molar-refractivity contribution in [1.29, 1.82) is 5.26 Å². The summed E-state index contributed by atoms with van der Waals surface area (Å²) >= 11 is 2.76. The first-order valence-corrected chi connectivity index (χ1v) is 9.31. The summed E-state index contributed by atoms with van der Waals surface area (Å²) in [4.78, 5) is 28.0. The third-order valence-corrected chi connectivity index (χ3v) is 5.56. The van der Waals surface area contributed by atoms with Crippen LogP contribution in [0.1, 0.15) is 15.9 Å². The number of fused-ring (bicyclic) bond motifs is 1. The number of thioether (sulfide) groups is 1. The third-order valence-electron chi connectivity index (χ3n) is 3.42. The summed E-state index contributed by atoms with van der Waals surface area (Å²) < 4.78 is 6.28. The molecule has 0 saturated carbocycles. The number of nitrogens with zero attached hydrogens (tertiary/aromatic N) is 2. The Labute approximate surface area is 157 Å². The molecule has 1 heterocycles. The van der Waals surface area contributed by atoms with Gasteiger partial charge in [0.15, 0.2) is 4.34 Å². The number of thiazole rings is 1. The molecule has 2 aromatic carbocycles. The fraction of sp³-hybridized carbons (Fsp3) is 0.111. The van der Waals surface area contributed by atoms with E-state index in [4.69, 9.17) is 5.26 Å². The molecule has 0 bridgehead atoms. The Hall–Kier alpha value is -2.89. The maximum Gasteiger partial charge on any atom is 0.316 e. The van der Waals surface area contributed by atoms with Crippen molar-refractivity contribution in [3.05, 3.63) is 53.6 Å². The monoisotopic (exact) mass is 383 g/mol. The zero-order chi connectivity index (χ0) is 18.5. The van der Waals surface area contributed by atoms with E-state index in [1.165, 1.54) is 30.2 Å². The fourth-order valence-electron chi connectivity index (χ4n) is 2.16. The molecular weight excluding hydrogens is 370 g/mol. The molecule has 0 spiro atoms. The van der Waals surface area contributed by atoms with Crippen LogP contribution < -0.4 is 5.32 Å². The highest BCUT2D eigenvalue weighted by molar-refractivity contribution is 8.01. The second-order valence-electron chi connectivity index (χ2n) is 5.17. The highest BCUT2D eigenvalue weighted by Crippen LogP contribution is 2.31. The number of nitriles is 1. The van der Waals surface area contributed by atoms with Crippen LogP contribution in [0.15, 0.2) is 46.8 Å². The molecule has 8 heteroatoms. The van der Waals surface area contributed by atoms with Gasteiger partial charge in [0.2, 0.25) is 0 Å². The first-order chi connectivity index (χ1) is 12.6. The van der Waals surface area contributed by atoms with Crippen molar-refractivity contribution in [2.45, 2.75) is 4.34 Å². The number of rotatable bonds is 5. The Morgan fingerprint density at radius 3 is 2.92 bits per heavy atom. The molecule has 0 atom stereocenters. The van der Waals surface area contributed by atoms with Gasteiger partial charge in [-0.2, -0.15) is 5.26 Å². The lowest BCUT2D eigenvalue weighted by molar-refractivity contribution is -0.137. The van der Waals surface area contributed by atoms with Crippen LogP contribution in [0.25, 0.3) is 10.2 Å². The Balaban J connectivity index is 1.75. The molecule has 3 rings (SSSR count). The van der Waals surface area contributed by atoms with Gasteiger partial charge in [-0.05, 0) is 36.4 Å². The maximum atomic E-state index is 12.3. The average Bonchev–Trinajstić information content (AvgIpc) is 3.08. The molecule has 3 aromatic rings. The van der Waals surface area contributed by atoms with Crippen LogP contribution in [0.5, 0.6) is 0 Å². The number of ether oxygens (including phenoxy) is 1. The van der Waals surface area contributed by atoms with Crippen molar-refractivity contribution >= 4 is 50.9 Å². The molecule has 6 nitrogen and oxygen atoms in total. The van der Waals surface area contributed by atoms with E-state index in [2.05, 4.69) is 15.0 Å². The van der Waals surface area contributed by atoms with E-state index < -0.39 is 0 Å². The number of carbonyl (C=O) groups is 2. The van der Waals surface area contributed by atoms with Crippen molar-refractivity contribution < 1.29 is 14.3 Å². The molecule has 1 aromatic heterocycles. The molecule has 0 saturated heterocycles. The van der Waals surface area contributed by atoms with Gasteiger partial charge in [-0.1, -0.05) is 17.8 Å². The van der Waals surface area contributed by atoms with Crippen molar-refractivity contribution in [3.63, 3.8) is 0 Å². The SMILES string of the molecule is COC(=O)CSc1nc2ccc(NC(=O)c3cccc(C#N)c3)cc2s1. The summed E-state index contributed by atoms with van der Waals surface area (Å²) in [5.41, 5.74) is 2.29. The van der Waals surface area contributed by atoms with Gasteiger partial charge in [0.05, 0.1) is 34.7 Å². The van der Waals surface area contributed by atoms with Gasteiger partial charge in [-0.15, -0.1) is 11.3 Å². The quantitative estimate of drug-likeness (QED) is 0.534. The highest BCUT2D eigenvalue weighted by Gasteiger charge is 2.11. The highest BCUT2D eigenvalue weighted by atomic mass is 32.2. The summed E-state index contributed by atoms with van der Waals surface area (Å²) in [7, 11) is 1.35. The molecule has 130 valence electrons. The summed E-state index contributed by atoms with van der Waals surface area (Å²) in [6, 6.07) is 13.9.